The van der Waals surface area contributed by atoms with Crippen LogP contribution in [-0.2, 0) is 17.8 Å². The number of aromatic nitrogens is 1. The second-order valence-corrected chi connectivity index (χ2v) is 7.25. The molecule has 2 N–H and O–H groups in total. The Morgan fingerprint density at radius 3 is 2.74 bits per heavy atom. The fourth-order valence-corrected chi connectivity index (χ4v) is 4.12. The molecule has 2 aromatic rings. The van der Waals surface area contributed by atoms with Crippen LogP contribution < -0.4 is 5.32 Å². The number of carboxylic acids is 1. The second-order valence-electron chi connectivity index (χ2n) is 6.11. The molecular formula is C18H22N2O2S. The lowest BCUT2D eigenvalue weighted by molar-refractivity contribution is -0.139. The van der Waals surface area contributed by atoms with Gasteiger partial charge in [-0.05, 0) is 24.8 Å². The van der Waals surface area contributed by atoms with Crippen molar-refractivity contribution in [3.63, 3.8) is 0 Å². The van der Waals surface area contributed by atoms with E-state index < -0.39 is 12.0 Å². The van der Waals surface area contributed by atoms with Crippen molar-refractivity contribution in [3.05, 3.63) is 52.0 Å². The Labute approximate surface area is 140 Å². The van der Waals surface area contributed by atoms with Gasteiger partial charge in [0.1, 0.15) is 6.04 Å². The fraction of sp³-hybridized carbons (Fsp3) is 0.444. The first-order valence-corrected chi connectivity index (χ1v) is 8.99. The molecule has 0 spiro atoms. The summed E-state index contributed by atoms with van der Waals surface area (Å²) in [6.45, 7) is 0.564. The number of rotatable bonds is 7. The van der Waals surface area contributed by atoms with Gasteiger partial charge in [-0.2, -0.15) is 0 Å². The van der Waals surface area contributed by atoms with Gasteiger partial charge in [0.25, 0.3) is 0 Å². The summed E-state index contributed by atoms with van der Waals surface area (Å²) in [6, 6.07) is 9.16. The Bertz CT molecular complexity index is 635. The van der Waals surface area contributed by atoms with Gasteiger partial charge in [0.05, 0.1) is 5.01 Å². The van der Waals surface area contributed by atoms with Crippen molar-refractivity contribution in [2.45, 2.75) is 50.6 Å². The third kappa shape index (κ3) is 4.39. The first-order chi connectivity index (χ1) is 11.2. The average Bonchev–Trinajstić information content (AvgIpc) is 3.23. The summed E-state index contributed by atoms with van der Waals surface area (Å²) < 4.78 is 0. The van der Waals surface area contributed by atoms with Crippen molar-refractivity contribution in [2.75, 3.05) is 0 Å². The third-order valence-corrected chi connectivity index (χ3v) is 5.54. The number of hydrogen-bond acceptors (Lipinski definition) is 4. The van der Waals surface area contributed by atoms with Gasteiger partial charge in [-0.15, -0.1) is 11.3 Å². The van der Waals surface area contributed by atoms with E-state index in [1.807, 2.05) is 36.5 Å². The summed E-state index contributed by atoms with van der Waals surface area (Å²) in [5.41, 5.74) is 1.03. The predicted octanol–water partition coefficient (Wildman–Crippen LogP) is 3.59. The van der Waals surface area contributed by atoms with Crippen LogP contribution in [-0.4, -0.2) is 22.1 Å². The predicted molar refractivity (Wildman–Crippen MR) is 91.7 cm³/mol. The van der Waals surface area contributed by atoms with Crippen LogP contribution in [0.25, 0.3) is 0 Å². The molecule has 1 fully saturated rings. The van der Waals surface area contributed by atoms with Crippen molar-refractivity contribution < 1.29 is 9.90 Å². The normalized spacial score (nSPS) is 16.5. The Hall–Kier alpha value is -1.72. The number of thiazole rings is 1. The van der Waals surface area contributed by atoms with Crippen LogP contribution in [0.15, 0.2) is 36.5 Å². The van der Waals surface area contributed by atoms with Crippen LogP contribution in [0.2, 0.25) is 0 Å². The molecule has 5 heteroatoms. The minimum Gasteiger partial charge on any atom is -0.480 e. The van der Waals surface area contributed by atoms with Crippen molar-refractivity contribution in [3.8, 4) is 0 Å². The quantitative estimate of drug-likeness (QED) is 0.814. The molecule has 1 aliphatic carbocycles. The minimum atomic E-state index is -0.811. The zero-order chi connectivity index (χ0) is 16.1. The number of nitrogens with zero attached hydrogens (tertiary/aromatic N) is 1. The number of nitrogens with one attached hydrogen (secondary N) is 1. The molecule has 1 atom stereocenters. The van der Waals surface area contributed by atoms with Gasteiger partial charge in [0, 0.05) is 23.5 Å². The van der Waals surface area contributed by atoms with Crippen LogP contribution in [0.1, 0.15) is 47.0 Å². The molecule has 1 aromatic carbocycles. The van der Waals surface area contributed by atoms with Gasteiger partial charge in [-0.1, -0.05) is 43.2 Å². The molecule has 122 valence electrons. The smallest absolute Gasteiger partial charge is 0.321 e. The van der Waals surface area contributed by atoms with Crippen LogP contribution >= 0.6 is 11.3 Å². The number of carboxylic acid groups (broad SMARTS) is 1. The highest BCUT2D eigenvalue weighted by Crippen LogP contribution is 2.35. The standard InChI is InChI=1S/C18H22N2O2S/c21-18(22)16(10-13-6-2-1-3-7-13)19-11-15-12-20-17(23-15)14-8-4-5-9-14/h1-3,6-7,12,14,16,19H,4-5,8-11H2,(H,21,22)/t16-/m0/s1. The molecule has 3 rings (SSSR count). The number of carbonyl (C=O) groups is 1. The van der Waals surface area contributed by atoms with E-state index in [9.17, 15) is 9.90 Å². The maximum atomic E-state index is 11.5. The van der Waals surface area contributed by atoms with Crippen molar-refractivity contribution in [1.29, 1.82) is 0 Å². The molecule has 4 nitrogen and oxygen atoms in total. The van der Waals surface area contributed by atoms with Gasteiger partial charge in [-0.3, -0.25) is 10.1 Å². The van der Waals surface area contributed by atoms with E-state index in [4.69, 9.17) is 0 Å². The van der Waals surface area contributed by atoms with Crippen LogP contribution in [0.4, 0.5) is 0 Å². The van der Waals surface area contributed by atoms with E-state index in [1.165, 1.54) is 30.7 Å². The number of aliphatic carboxylic acids is 1. The molecule has 23 heavy (non-hydrogen) atoms. The minimum absolute atomic E-state index is 0.491. The molecule has 1 heterocycles. The Kier molecular flexibility index (Phi) is 5.41. The van der Waals surface area contributed by atoms with Crippen LogP contribution in [0.3, 0.4) is 0 Å². The lowest BCUT2D eigenvalue weighted by atomic mass is 10.1. The highest BCUT2D eigenvalue weighted by molar-refractivity contribution is 7.11. The lowest BCUT2D eigenvalue weighted by Gasteiger charge is -2.13. The second kappa shape index (κ2) is 7.70. The molecule has 1 saturated carbocycles. The summed E-state index contributed by atoms with van der Waals surface area (Å²) in [6.07, 6.45) is 7.47. The third-order valence-electron chi connectivity index (χ3n) is 4.38. The number of hydrogen-bond donors (Lipinski definition) is 2. The van der Waals surface area contributed by atoms with E-state index in [1.54, 1.807) is 11.3 Å². The zero-order valence-corrected chi connectivity index (χ0v) is 13.9. The SMILES string of the molecule is O=C(O)[C@H](Cc1ccccc1)NCc1cnc(C2CCCC2)s1. The highest BCUT2D eigenvalue weighted by atomic mass is 32.1. The van der Waals surface area contributed by atoms with E-state index in [0.29, 0.717) is 18.9 Å². The molecule has 0 unspecified atom stereocenters. The topological polar surface area (TPSA) is 62.2 Å². The first kappa shape index (κ1) is 16.1. The van der Waals surface area contributed by atoms with Crippen molar-refractivity contribution >= 4 is 17.3 Å². The zero-order valence-electron chi connectivity index (χ0n) is 13.1. The summed E-state index contributed by atoms with van der Waals surface area (Å²) in [4.78, 5) is 17.1. The van der Waals surface area contributed by atoms with E-state index >= 15 is 0 Å². The molecular weight excluding hydrogens is 308 g/mol. The summed E-state index contributed by atoms with van der Waals surface area (Å²) >= 11 is 1.72. The molecule has 0 amide bonds. The van der Waals surface area contributed by atoms with Crippen molar-refractivity contribution in [2.24, 2.45) is 0 Å². The molecule has 0 aliphatic heterocycles. The van der Waals surface area contributed by atoms with Gasteiger partial charge in [0.15, 0.2) is 0 Å². The molecule has 1 aliphatic rings. The first-order valence-electron chi connectivity index (χ1n) is 8.17. The average molecular weight is 330 g/mol. The maximum Gasteiger partial charge on any atom is 0.321 e. The van der Waals surface area contributed by atoms with E-state index in [2.05, 4.69) is 10.3 Å². The Morgan fingerprint density at radius 2 is 2.04 bits per heavy atom. The van der Waals surface area contributed by atoms with Gasteiger partial charge in [0.2, 0.25) is 0 Å². The Balaban J connectivity index is 1.57. The maximum absolute atomic E-state index is 11.5. The Morgan fingerprint density at radius 1 is 1.30 bits per heavy atom. The molecule has 1 aromatic heterocycles. The molecule has 0 saturated heterocycles. The monoisotopic (exact) mass is 330 g/mol. The molecule has 0 radical (unpaired) electrons. The van der Waals surface area contributed by atoms with E-state index in [-0.39, 0.29) is 0 Å². The van der Waals surface area contributed by atoms with E-state index in [0.717, 1.165) is 10.4 Å². The van der Waals surface area contributed by atoms with Crippen LogP contribution in [0, 0.1) is 0 Å². The summed E-state index contributed by atoms with van der Waals surface area (Å²) in [7, 11) is 0. The van der Waals surface area contributed by atoms with Crippen LogP contribution in [0.5, 0.6) is 0 Å². The number of benzene rings is 1. The highest BCUT2D eigenvalue weighted by Gasteiger charge is 2.21. The lowest BCUT2D eigenvalue weighted by Crippen LogP contribution is -2.37. The largest absolute Gasteiger partial charge is 0.480 e. The van der Waals surface area contributed by atoms with Gasteiger partial charge in [-0.25, -0.2) is 4.98 Å². The molecule has 0 bridgehead atoms. The summed E-state index contributed by atoms with van der Waals surface area (Å²) in [5, 5.41) is 13.8. The van der Waals surface area contributed by atoms with Crippen molar-refractivity contribution in [1.82, 2.24) is 10.3 Å². The fourth-order valence-electron chi connectivity index (χ4n) is 3.09. The summed E-state index contributed by atoms with van der Waals surface area (Å²) in [5.74, 6) is -0.192. The van der Waals surface area contributed by atoms with Gasteiger partial charge >= 0.3 is 5.97 Å². The van der Waals surface area contributed by atoms with Gasteiger partial charge < -0.3 is 5.11 Å².